The van der Waals surface area contributed by atoms with Crippen LogP contribution in [0.1, 0.15) is 34.8 Å². The van der Waals surface area contributed by atoms with Crippen LogP contribution < -0.4 is 5.56 Å². The molecule has 8 heteroatoms. The topological polar surface area (TPSA) is 83.4 Å². The van der Waals surface area contributed by atoms with Gasteiger partial charge >= 0.3 is 0 Å². The Bertz CT molecular complexity index is 898. The summed E-state index contributed by atoms with van der Waals surface area (Å²) < 4.78 is 1.42. The van der Waals surface area contributed by atoms with Gasteiger partial charge in [-0.2, -0.15) is 5.10 Å². The van der Waals surface area contributed by atoms with Crippen molar-refractivity contribution >= 4 is 22.2 Å². The van der Waals surface area contributed by atoms with Gasteiger partial charge in [0.2, 0.25) is 0 Å². The second-order valence-corrected chi connectivity index (χ2v) is 6.51. The molecule has 1 fully saturated rings. The van der Waals surface area contributed by atoms with Crippen LogP contribution in [0, 0.1) is 0 Å². The number of hydrogen-bond acceptors (Lipinski definition) is 5. The minimum atomic E-state index is -0.301. The first-order valence-electron chi connectivity index (χ1n) is 7.47. The number of fused-ring (bicyclic) bond motifs is 1. The number of carbonyl (C=O) groups is 1. The number of nitrogens with zero attached hydrogens (tertiary/aromatic N) is 4. The van der Waals surface area contributed by atoms with Gasteiger partial charge in [0.15, 0.2) is 4.96 Å². The lowest BCUT2D eigenvalue weighted by atomic mass is 9.94. The zero-order chi connectivity index (χ0) is 15.8. The summed E-state index contributed by atoms with van der Waals surface area (Å²) in [5, 5.41) is 8.74. The van der Waals surface area contributed by atoms with Gasteiger partial charge in [-0.3, -0.25) is 19.1 Å². The number of piperidine rings is 1. The maximum Gasteiger partial charge on any atom is 0.271 e. The molecule has 1 atom stereocenters. The van der Waals surface area contributed by atoms with Gasteiger partial charge in [0.1, 0.15) is 5.56 Å². The Kier molecular flexibility index (Phi) is 3.45. The highest BCUT2D eigenvalue weighted by molar-refractivity contribution is 7.15. The maximum atomic E-state index is 12.8. The highest BCUT2D eigenvalue weighted by atomic mass is 32.1. The van der Waals surface area contributed by atoms with Gasteiger partial charge in [0.05, 0.1) is 0 Å². The van der Waals surface area contributed by atoms with E-state index < -0.39 is 0 Å². The quantitative estimate of drug-likeness (QED) is 0.772. The molecule has 4 rings (SSSR count). The number of amides is 1. The zero-order valence-electron chi connectivity index (χ0n) is 12.3. The number of hydrogen-bond donors (Lipinski definition) is 1. The van der Waals surface area contributed by atoms with E-state index in [4.69, 9.17) is 0 Å². The number of H-pyrrole nitrogens is 1. The van der Waals surface area contributed by atoms with E-state index in [1.807, 2.05) is 6.07 Å². The third-order valence-corrected chi connectivity index (χ3v) is 5.01. The van der Waals surface area contributed by atoms with Crippen LogP contribution in [-0.2, 0) is 0 Å². The summed E-state index contributed by atoms with van der Waals surface area (Å²) in [6.45, 7) is 1.25. The SMILES string of the molecule is O=C(c1cnc2sccn2c1=O)N1CCC[C@@H](c2ccn[nH]2)C1. The predicted molar refractivity (Wildman–Crippen MR) is 85.8 cm³/mol. The van der Waals surface area contributed by atoms with Gasteiger partial charge in [-0.25, -0.2) is 4.98 Å². The molecule has 118 valence electrons. The number of nitrogens with one attached hydrogen (secondary N) is 1. The van der Waals surface area contributed by atoms with Crippen molar-refractivity contribution < 1.29 is 4.79 Å². The van der Waals surface area contributed by atoms with Crippen LogP contribution in [0.15, 0.2) is 34.8 Å². The Labute approximate surface area is 135 Å². The molecule has 1 amide bonds. The van der Waals surface area contributed by atoms with E-state index in [1.54, 1.807) is 22.7 Å². The summed E-state index contributed by atoms with van der Waals surface area (Å²) in [4.78, 5) is 31.7. The molecule has 0 spiro atoms. The summed E-state index contributed by atoms with van der Waals surface area (Å²) >= 11 is 1.37. The number of rotatable bonds is 2. The monoisotopic (exact) mass is 329 g/mol. The fourth-order valence-electron chi connectivity index (χ4n) is 3.05. The first-order valence-corrected chi connectivity index (χ1v) is 8.35. The lowest BCUT2D eigenvalue weighted by Crippen LogP contribution is -2.41. The summed E-state index contributed by atoms with van der Waals surface area (Å²) in [5.41, 5.74) is 0.863. The number of likely N-dealkylation sites (tertiary alicyclic amines) is 1. The fraction of sp³-hybridized carbons (Fsp3) is 0.333. The molecule has 0 aliphatic carbocycles. The molecule has 0 radical (unpaired) electrons. The average Bonchev–Trinajstić information content (AvgIpc) is 3.26. The van der Waals surface area contributed by atoms with Gasteiger partial charge in [0.25, 0.3) is 11.5 Å². The molecule has 1 saturated heterocycles. The van der Waals surface area contributed by atoms with Crippen LogP contribution in [0.4, 0.5) is 0 Å². The van der Waals surface area contributed by atoms with Crippen LogP contribution >= 0.6 is 11.3 Å². The number of aromatic amines is 1. The maximum absolute atomic E-state index is 12.8. The van der Waals surface area contributed by atoms with Gasteiger partial charge in [-0.05, 0) is 18.9 Å². The van der Waals surface area contributed by atoms with E-state index in [1.165, 1.54) is 21.9 Å². The molecule has 1 aliphatic heterocycles. The third-order valence-electron chi connectivity index (χ3n) is 4.24. The van der Waals surface area contributed by atoms with Crippen molar-refractivity contribution in [3.8, 4) is 0 Å². The van der Waals surface area contributed by atoms with Crippen molar-refractivity contribution in [3.05, 3.63) is 51.6 Å². The standard InChI is InChI=1S/C15H15N5O2S/c21-13(11-8-16-15-20(14(11)22)6-7-23-15)19-5-1-2-10(9-19)12-3-4-17-18-12/h3-4,6-8,10H,1-2,5,9H2,(H,17,18)/t10-/m1/s1. The van der Waals surface area contributed by atoms with Crippen molar-refractivity contribution in [2.24, 2.45) is 0 Å². The number of thiazole rings is 1. The molecule has 7 nitrogen and oxygen atoms in total. The molecular formula is C15H15N5O2S. The van der Waals surface area contributed by atoms with Crippen LogP contribution in [0.2, 0.25) is 0 Å². The van der Waals surface area contributed by atoms with Gasteiger partial charge < -0.3 is 4.90 Å². The van der Waals surface area contributed by atoms with Crippen molar-refractivity contribution in [2.75, 3.05) is 13.1 Å². The Morgan fingerprint density at radius 1 is 1.43 bits per heavy atom. The van der Waals surface area contributed by atoms with Crippen molar-refractivity contribution in [2.45, 2.75) is 18.8 Å². The summed E-state index contributed by atoms with van der Waals surface area (Å²) in [5.74, 6) is -0.0110. The van der Waals surface area contributed by atoms with E-state index in [0.29, 0.717) is 18.1 Å². The molecule has 0 aromatic carbocycles. The summed E-state index contributed by atoms with van der Waals surface area (Å²) in [6, 6.07) is 1.94. The second kappa shape index (κ2) is 5.62. The molecule has 23 heavy (non-hydrogen) atoms. The second-order valence-electron chi connectivity index (χ2n) is 5.63. The molecule has 1 aliphatic rings. The Hall–Kier alpha value is -2.48. The minimum absolute atomic E-state index is 0.131. The summed E-state index contributed by atoms with van der Waals surface area (Å²) in [7, 11) is 0. The molecule has 0 unspecified atom stereocenters. The van der Waals surface area contributed by atoms with Crippen LogP contribution in [0.25, 0.3) is 4.96 Å². The highest BCUT2D eigenvalue weighted by Gasteiger charge is 2.28. The average molecular weight is 329 g/mol. The third kappa shape index (κ3) is 2.44. The Balaban J connectivity index is 1.62. The molecular weight excluding hydrogens is 314 g/mol. The van der Waals surface area contributed by atoms with Crippen molar-refractivity contribution in [1.29, 1.82) is 0 Å². The minimum Gasteiger partial charge on any atom is -0.338 e. The lowest BCUT2D eigenvalue weighted by molar-refractivity contribution is 0.0703. The van der Waals surface area contributed by atoms with E-state index in [-0.39, 0.29) is 22.9 Å². The largest absolute Gasteiger partial charge is 0.338 e. The van der Waals surface area contributed by atoms with Crippen LogP contribution in [-0.4, -0.2) is 43.5 Å². The van der Waals surface area contributed by atoms with Gasteiger partial charge in [0, 0.05) is 48.7 Å². The van der Waals surface area contributed by atoms with Gasteiger partial charge in [-0.15, -0.1) is 11.3 Å². The number of carbonyl (C=O) groups excluding carboxylic acids is 1. The molecule has 1 N–H and O–H groups in total. The Morgan fingerprint density at radius 2 is 2.35 bits per heavy atom. The van der Waals surface area contributed by atoms with Crippen LogP contribution in [0.5, 0.6) is 0 Å². The highest BCUT2D eigenvalue weighted by Crippen LogP contribution is 2.25. The molecule has 3 aromatic rings. The van der Waals surface area contributed by atoms with E-state index in [9.17, 15) is 9.59 Å². The predicted octanol–water partition coefficient (Wildman–Crippen LogP) is 1.50. The smallest absolute Gasteiger partial charge is 0.271 e. The van der Waals surface area contributed by atoms with Crippen molar-refractivity contribution in [1.82, 2.24) is 24.5 Å². The zero-order valence-corrected chi connectivity index (χ0v) is 13.1. The molecule has 4 heterocycles. The van der Waals surface area contributed by atoms with E-state index in [0.717, 1.165) is 18.5 Å². The van der Waals surface area contributed by atoms with Crippen molar-refractivity contribution in [3.63, 3.8) is 0 Å². The first kappa shape index (κ1) is 14.1. The van der Waals surface area contributed by atoms with Crippen LogP contribution in [0.3, 0.4) is 0 Å². The number of aromatic nitrogens is 4. The van der Waals surface area contributed by atoms with E-state index in [2.05, 4.69) is 15.2 Å². The fourth-order valence-corrected chi connectivity index (χ4v) is 3.73. The summed E-state index contributed by atoms with van der Waals surface area (Å²) in [6.07, 6.45) is 6.68. The molecule has 3 aromatic heterocycles. The lowest BCUT2D eigenvalue weighted by Gasteiger charge is -2.32. The Morgan fingerprint density at radius 3 is 3.17 bits per heavy atom. The molecule has 0 bridgehead atoms. The molecule has 0 saturated carbocycles. The first-order chi connectivity index (χ1) is 11.2. The normalized spacial score (nSPS) is 18.4. The van der Waals surface area contributed by atoms with Gasteiger partial charge in [-0.1, -0.05) is 0 Å². The van der Waals surface area contributed by atoms with E-state index >= 15 is 0 Å².